The van der Waals surface area contributed by atoms with Gasteiger partial charge in [-0.05, 0) is 60.4 Å². The normalized spacial score (nSPS) is 15.4. The Kier molecular flexibility index (Phi) is 7.07. The number of hydrogen-bond acceptors (Lipinski definition) is 3. The van der Waals surface area contributed by atoms with E-state index in [0.717, 1.165) is 54.6 Å². The molecule has 0 radical (unpaired) electrons. The first-order valence-electron chi connectivity index (χ1n) is 11.6. The van der Waals surface area contributed by atoms with Gasteiger partial charge in [0.05, 0.1) is 17.6 Å². The fourth-order valence-corrected chi connectivity index (χ4v) is 5.05. The van der Waals surface area contributed by atoms with E-state index >= 15 is 0 Å². The van der Waals surface area contributed by atoms with Crippen LogP contribution in [0.2, 0.25) is 10.0 Å². The fourth-order valence-electron chi connectivity index (χ4n) is 4.80. The van der Waals surface area contributed by atoms with Gasteiger partial charge in [0.2, 0.25) is 0 Å². The smallest absolute Gasteiger partial charge is 0.326 e. The molecule has 1 aromatic heterocycles. The molecular weight excluding hydrogens is 469 g/mol. The van der Waals surface area contributed by atoms with Crippen molar-refractivity contribution < 1.29 is 4.74 Å². The third-order valence-corrected chi connectivity index (χ3v) is 7.09. The molecule has 1 fully saturated rings. The van der Waals surface area contributed by atoms with Crippen molar-refractivity contribution in [1.82, 2.24) is 14.5 Å². The third-order valence-electron chi connectivity index (χ3n) is 6.58. The van der Waals surface area contributed by atoms with E-state index in [-0.39, 0.29) is 17.8 Å². The van der Waals surface area contributed by atoms with Crippen LogP contribution in [0.5, 0.6) is 0 Å². The van der Waals surface area contributed by atoms with E-state index in [1.54, 1.807) is 0 Å². The molecule has 0 spiro atoms. The average molecular weight is 496 g/mol. The van der Waals surface area contributed by atoms with Crippen LogP contribution in [0.4, 0.5) is 0 Å². The number of imidazole rings is 1. The molecule has 2 heterocycles. The first-order valence-corrected chi connectivity index (χ1v) is 12.4. The number of nitrogens with one attached hydrogen (secondary N) is 1. The summed E-state index contributed by atoms with van der Waals surface area (Å²) in [6, 6.07) is 23.7. The predicted molar refractivity (Wildman–Crippen MR) is 138 cm³/mol. The van der Waals surface area contributed by atoms with Gasteiger partial charge in [0, 0.05) is 35.7 Å². The number of aromatic nitrogens is 2. The van der Waals surface area contributed by atoms with E-state index in [1.807, 2.05) is 77.4 Å². The Balaban J connectivity index is 1.21. The number of hydrogen-bond donors (Lipinski definition) is 1. The van der Waals surface area contributed by atoms with Crippen LogP contribution < -0.4 is 5.69 Å². The van der Waals surface area contributed by atoms with Crippen LogP contribution in [0.25, 0.3) is 11.0 Å². The Bertz CT molecular complexity index is 1240. The summed E-state index contributed by atoms with van der Waals surface area (Å²) in [6.07, 6.45) is 1.70. The van der Waals surface area contributed by atoms with Gasteiger partial charge in [0.15, 0.2) is 0 Å². The molecule has 3 aromatic carbocycles. The van der Waals surface area contributed by atoms with Crippen LogP contribution in [0.15, 0.2) is 77.6 Å². The van der Waals surface area contributed by atoms with Crippen molar-refractivity contribution >= 4 is 34.2 Å². The average Bonchev–Trinajstić information content (AvgIpc) is 3.19. The summed E-state index contributed by atoms with van der Waals surface area (Å²) in [7, 11) is 0. The highest BCUT2D eigenvalue weighted by Crippen LogP contribution is 2.29. The molecule has 5 nitrogen and oxygen atoms in total. The van der Waals surface area contributed by atoms with Crippen LogP contribution in [0, 0.1) is 0 Å². The molecule has 0 bridgehead atoms. The Morgan fingerprint density at radius 2 is 1.47 bits per heavy atom. The third kappa shape index (κ3) is 5.08. The summed E-state index contributed by atoms with van der Waals surface area (Å²) in [5.41, 5.74) is 3.99. The standard InChI is InChI=1S/C27H27Cl2N3O2/c28-21-9-5-19(6-10-21)26(20-7-11-22(29)12-8-20)34-18-17-31-15-13-23(14-16-31)32-25-4-2-1-3-24(25)30-27(32)33/h1-12,23,26H,13-18H2,(H,30,33). The largest absolute Gasteiger partial charge is 0.367 e. The predicted octanol–water partition coefficient (Wildman–Crippen LogP) is 6.08. The molecule has 1 aliphatic rings. The number of likely N-dealkylation sites (tertiary alicyclic amines) is 1. The molecule has 1 saturated heterocycles. The molecule has 0 saturated carbocycles. The van der Waals surface area contributed by atoms with Gasteiger partial charge in [0.25, 0.3) is 0 Å². The first-order chi connectivity index (χ1) is 16.6. The molecule has 0 unspecified atom stereocenters. The number of aromatic amines is 1. The monoisotopic (exact) mass is 495 g/mol. The summed E-state index contributed by atoms with van der Waals surface area (Å²) in [5.74, 6) is 0. The fraction of sp³-hybridized carbons (Fsp3) is 0.296. The minimum Gasteiger partial charge on any atom is -0.367 e. The molecule has 0 amide bonds. The van der Waals surface area contributed by atoms with Crippen LogP contribution in [0.3, 0.4) is 0 Å². The van der Waals surface area contributed by atoms with Crippen molar-refractivity contribution in [3.05, 3.63) is 104 Å². The van der Waals surface area contributed by atoms with Crippen LogP contribution in [0.1, 0.15) is 36.1 Å². The van der Waals surface area contributed by atoms with Gasteiger partial charge in [-0.15, -0.1) is 0 Å². The Labute approximate surface area is 208 Å². The number of para-hydroxylation sites is 2. The zero-order chi connectivity index (χ0) is 23.5. The van der Waals surface area contributed by atoms with Crippen molar-refractivity contribution in [2.45, 2.75) is 25.0 Å². The minimum atomic E-state index is -0.183. The highest BCUT2D eigenvalue weighted by Gasteiger charge is 2.24. The number of H-pyrrole nitrogens is 1. The zero-order valence-corrected chi connectivity index (χ0v) is 20.3. The van der Waals surface area contributed by atoms with Crippen LogP contribution in [-0.4, -0.2) is 40.7 Å². The zero-order valence-electron chi connectivity index (χ0n) is 18.8. The molecule has 176 valence electrons. The van der Waals surface area contributed by atoms with Crippen molar-refractivity contribution in [3.63, 3.8) is 0 Å². The first kappa shape index (κ1) is 23.2. The second kappa shape index (κ2) is 10.4. The topological polar surface area (TPSA) is 50.3 Å². The quantitative estimate of drug-likeness (QED) is 0.338. The van der Waals surface area contributed by atoms with Crippen LogP contribution >= 0.6 is 23.2 Å². The number of nitrogens with zero attached hydrogens (tertiary/aromatic N) is 2. The van der Waals surface area contributed by atoms with Crippen molar-refractivity contribution in [3.8, 4) is 0 Å². The molecule has 5 rings (SSSR count). The highest BCUT2D eigenvalue weighted by molar-refractivity contribution is 6.30. The lowest BCUT2D eigenvalue weighted by Crippen LogP contribution is -2.38. The molecule has 34 heavy (non-hydrogen) atoms. The van der Waals surface area contributed by atoms with Crippen molar-refractivity contribution in [2.24, 2.45) is 0 Å². The lowest BCUT2D eigenvalue weighted by molar-refractivity contribution is 0.0520. The second-order valence-corrected chi connectivity index (χ2v) is 9.62. The highest BCUT2D eigenvalue weighted by atomic mass is 35.5. The van der Waals surface area contributed by atoms with Gasteiger partial charge >= 0.3 is 5.69 Å². The van der Waals surface area contributed by atoms with E-state index in [2.05, 4.69) is 9.88 Å². The van der Waals surface area contributed by atoms with Gasteiger partial charge in [-0.2, -0.15) is 0 Å². The molecule has 4 aromatic rings. The van der Waals surface area contributed by atoms with E-state index in [0.29, 0.717) is 16.7 Å². The summed E-state index contributed by atoms with van der Waals surface area (Å²) < 4.78 is 8.32. The van der Waals surface area contributed by atoms with Crippen LogP contribution in [-0.2, 0) is 4.74 Å². The van der Waals surface area contributed by atoms with Gasteiger partial charge < -0.3 is 14.6 Å². The van der Waals surface area contributed by atoms with Gasteiger partial charge in [-0.1, -0.05) is 59.6 Å². The Morgan fingerprint density at radius 1 is 0.882 bits per heavy atom. The summed E-state index contributed by atoms with van der Waals surface area (Å²) in [5, 5.41) is 1.41. The number of rotatable bonds is 7. The van der Waals surface area contributed by atoms with E-state index in [4.69, 9.17) is 27.9 Å². The second-order valence-electron chi connectivity index (χ2n) is 8.74. The lowest BCUT2D eigenvalue weighted by atomic mass is 10.0. The summed E-state index contributed by atoms with van der Waals surface area (Å²) >= 11 is 12.2. The van der Waals surface area contributed by atoms with Gasteiger partial charge in [0.1, 0.15) is 6.10 Å². The number of piperidine rings is 1. The number of benzene rings is 3. The van der Waals surface area contributed by atoms with Gasteiger partial charge in [-0.25, -0.2) is 4.79 Å². The van der Waals surface area contributed by atoms with Crippen molar-refractivity contribution in [1.29, 1.82) is 0 Å². The number of ether oxygens (including phenoxy) is 1. The lowest BCUT2D eigenvalue weighted by Gasteiger charge is -2.32. The number of halogens is 2. The maximum Gasteiger partial charge on any atom is 0.326 e. The van der Waals surface area contributed by atoms with E-state index in [9.17, 15) is 4.79 Å². The SMILES string of the molecule is O=c1[nH]c2ccccc2n1C1CCN(CCOC(c2ccc(Cl)cc2)c2ccc(Cl)cc2)CC1. The molecule has 1 N–H and O–H groups in total. The van der Waals surface area contributed by atoms with Crippen molar-refractivity contribution in [2.75, 3.05) is 26.2 Å². The maximum absolute atomic E-state index is 12.5. The molecule has 1 aliphatic heterocycles. The molecular formula is C27H27Cl2N3O2. The summed E-state index contributed by atoms with van der Waals surface area (Å²) in [4.78, 5) is 17.9. The van der Waals surface area contributed by atoms with Gasteiger partial charge in [-0.3, -0.25) is 4.57 Å². The molecule has 7 heteroatoms. The molecule has 0 aliphatic carbocycles. The van der Waals surface area contributed by atoms with E-state index < -0.39 is 0 Å². The maximum atomic E-state index is 12.5. The van der Waals surface area contributed by atoms with E-state index in [1.165, 1.54) is 0 Å². The number of fused-ring (bicyclic) bond motifs is 1. The summed E-state index contributed by atoms with van der Waals surface area (Å²) in [6.45, 7) is 3.32. The minimum absolute atomic E-state index is 0.0169. The Morgan fingerprint density at radius 3 is 2.09 bits per heavy atom. The molecule has 0 atom stereocenters. The Hall–Kier alpha value is -2.57.